The molecular formula is C25H27N5O2. The van der Waals surface area contributed by atoms with Gasteiger partial charge in [-0.2, -0.15) is 5.10 Å². The summed E-state index contributed by atoms with van der Waals surface area (Å²) < 4.78 is 7.69. The number of phenols is 1. The van der Waals surface area contributed by atoms with Gasteiger partial charge in [0.05, 0.1) is 6.20 Å². The molecule has 2 aromatic heterocycles. The van der Waals surface area contributed by atoms with Crippen LogP contribution in [0, 0.1) is 5.92 Å². The molecule has 6 rings (SSSR count). The molecule has 5 heterocycles. The van der Waals surface area contributed by atoms with Gasteiger partial charge in [-0.1, -0.05) is 12.5 Å². The van der Waals surface area contributed by atoms with Gasteiger partial charge < -0.3 is 15.2 Å². The van der Waals surface area contributed by atoms with Gasteiger partial charge in [-0.3, -0.25) is 4.68 Å². The van der Waals surface area contributed by atoms with E-state index in [1.165, 1.54) is 24.8 Å². The van der Waals surface area contributed by atoms with Crippen LogP contribution in [0.5, 0.6) is 11.5 Å². The average Bonchev–Trinajstić information content (AvgIpc) is 3.24. The van der Waals surface area contributed by atoms with Crippen molar-refractivity contribution in [2.75, 3.05) is 6.61 Å². The van der Waals surface area contributed by atoms with E-state index in [1.54, 1.807) is 16.9 Å². The Labute approximate surface area is 187 Å². The van der Waals surface area contributed by atoms with Crippen molar-refractivity contribution >= 4 is 5.57 Å². The molecule has 1 aromatic carbocycles. The standard InChI is InChI=1S/C25H27N5O2/c1-30-14-17(13-26-30)15-5-6-21(23(31)11-15)22-12-24-25(29-28-22)20(7-8-32-24)16-9-18-3-2-4-19(10-16)27-18/h5-7,11-14,16,18-19,27,31H,2-4,8-10H2,1H3/t16-,18-,19+. The van der Waals surface area contributed by atoms with Gasteiger partial charge in [0.1, 0.15) is 29.5 Å². The lowest BCUT2D eigenvalue weighted by Crippen LogP contribution is -2.48. The van der Waals surface area contributed by atoms with Gasteiger partial charge in [0.2, 0.25) is 0 Å². The van der Waals surface area contributed by atoms with Crippen LogP contribution < -0.4 is 10.1 Å². The van der Waals surface area contributed by atoms with E-state index in [1.807, 2.05) is 31.4 Å². The third kappa shape index (κ3) is 3.46. The van der Waals surface area contributed by atoms with Crippen LogP contribution in [0.4, 0.5) is 0 Å². The largest absolute Gasteiger partial charge is 0.507 e. The maximum Gasteiger partial charge on any atom is 0.149 e. The molecular weight excluding hydrogens is 402 g/mol. The first-order chi connectivity index (χ1) is 15.6. The molecule has 2 saturated heterocycles. The van der Waals surface area contributed by atoms with E-state index in [4.69, 9.17) is 4.74 Å². The number of aromatic nitrogens is 4. The fourth-order valence-electron chi connectivity index (χ4n) is 5.51. The minimum atomic E-state index is 0.165. The summed E-state index contributed by atoms with van der Waals surface area (Å²) in [6.07, 6.45) is 12.1. The molecule has 3 aliphatic heterocycles. The number of benzene rings is 1. The Morgan fingerprint density at radius 2 is 1.94 bits per heavy atom. The first kappa shape index (κ1) is 19.5. The Kier molecular flexibility index (Phi) is 4.72. The smallest absolute Gasteiger partial charge is 0.149 e. The number of aryl methyl sites for hydroxylation is 1. The molecule has 0 spiro atoms. The van der Waals surface area contributed by atoms with E-state index in [-0.39, 0.29) is 5.75 Å². The SMILES string of the molecule is Cn1cc(-c2ccc(-c3cc4c(nn3)C([C@@H]3C[C@H]5CCC[C@@H](C3)N5)=CCO4)c(O)c2)cn1. The highest BCUT2D eigenvalue weighted by Gasteiger charge is 2.35. The summed E-state index contributed by atoms with van der Waals surface area (Å²) in [5, 5.41) is 27.8. The molecule has 3 aliphatic rings. The second-order valence-electron chi connectivity index (χ2n) is 9.21. The maximum absolute atomic E-state index is 10.7. The number of piperidine rings is 2. The van der Waals surface area contributed by atoms with Crippen LogP contribution in [-0.4, -0.2) is 43.8 Å². The zero-order valence-corrected chi connectivity index (χ0v) is 18.2. The molecule has 0 unspecified atom stereocenters. The number of hydrogen-bond donors (Lipinski definition) is 2. The number of fused-ring (bicyclic) bond motifs is 3. The number of aromatic hydroxyl groups is 1. The molecule has 0 amide bonds. The number of hydrogen-bond acceptors (Lipinski definition) is 6. The van der Waals surface area contributed by atoms with E-state index in [0.717, 1.165) is 35.4 Å². The summed E-state index contributed by atoms with van der Waals surface area (Å²) >= 11 is 0. The molecule has 7 nitrogen and oxygen atoms in total. The number of nitrogens with zero attached hydrogens (tertiary/aromatic N) is 4. The Morgan fingerprint density at radius 1 is 1.09 bits per heavy atom. The monoisotopic (exact) mass is 429 g/mol. The Balaban J connectivity index is 1.29. The fourth-order valence-corrected chi connectivity index (χ4v) is 5.51. The number of nitrogens with one attached hydrogen (secondary N) is 1. The third-order valence-corrected chi connectivity index (χ3v) is 7.04. The van der Waals surface area contributed by atoms with Crippen LogP contribution in [0.3, 0.4) is 0 Å². The molecule has 32 heavy (non-hydrogen) atoms. The summed E-state index contributed by atoms with van der Waals surface area (Å²) in [6, 6.07) is 8.72. The molecule has 3 aromatic rings. The van der Waals surface area contributed by atoms with Crippen LogP contribution >= 0.6 is 0 Å². The Morgan fingerprint density at radius 3 is 2.69 bits per heavy atom. The molecule has 2 bridgehead atoms. The predicted molar refractivity (Wildman–Crippen MR) is 122 cm³/mol. The van der Waals surface area contributed by atoms with E-state index in [2.05, 4.69) is 26.7 Å². The van der Waals surface area contributed by atoms with Gasteiger partial charge in [-0.15, -0.1) is 10.2 Å². The second kappa shape index (κ2) is 7.74. The van der Waals surface area contributed by atoms with Crippen LogP contribution in [-0.2, 0) is 7.05 Å². The molecule has 3 atom stereocenters. The minimum absolute atomic E-state index is 0.165. The molecule has 0 saturated carbocycles. The molecule has 2 fully saturated rings. The van der Waals surface area contributed by atoms with Crippen LogP contribution in [0.25, 0.3) is 28.0 Å². The summed E-state index contributed by atoms with van der Waals surface area (Å²) in [7, 11) is 1.87. The van der Waals surface area contributed by atoms with Crippen LogP contribution in [0.2, 0.25) is 0 Å². The van der Waals surface area contributed by atoms with Crippen molar-refractivity contribution in [2.24, 2.45) is 13.0 Å². The summed E-state index contributed by atoms with van der Waals surface area (Å²) in [6.45, 7) is 0.554. The van der Waals surface area contributed by atoms with Gasteiger partial charge in [0, 0.05) is 42.5 Å². The van der Waals surface area contributed by atoms with Crippen LogP contribution in [0.15, 0.2) is 42.7 Å². The lowest BCUT2D eigenvalue weighted by Gasteiger charge is -2.41. The van der Waals surface area contributed by atoms with E-state index >= 15 is 0 Å². The van der Waals surface area contributed by atoms with Crippen molar-refractivity contribution in [1.29, 1.82) is 0 Å². The quantitative estimate of drug-likeness (QED) is 0.656. The third-order valence-electron chi connectivity index (χ3n) is 7.04. The van der Waals surface area contributed by atoms with Gasteiger partial charge in [-0.05, 0) is 60.9 Å². The van der Waals surface area contributed by atoms with Gasteiger partial charge >= 0.3 is 0 Å². The van der Waals surface area contributed by atoms with Gasteiger partial charge in [-0.25, -0.2) is 0 Å². The lowest BCUT2D eigenvalue weighted by atomic mass is 9.76. The fraction of sp³-hybridized carbons (Fsp3) is 0.400. The van der Waals surface area contributed by atoms with E-state index in [0.29, 0.717) is 35.9 Å². The van der Waals surface area contributed by atoms with E-state index < -0.39 is 0 Å². The van der Waals surface area contributed by atoms with Crippen molar-refractivity contribution < 1.29 is 9.84 Å². The second-order valence-corrected chi connectivity index (χ2v) is 9.21. The minimum Gasteiger partial charge on any atom is -0.507 e. The van der Waals surface area contributed by atoms with Gasteiger partial charge in [0.25, 0.3) is 0 Å². The number of ether oxygens (including phenoxy) is 1. The predicted octanol–water partition coefficient (Wildman–Crippen LogP) is 3.95. The number of allylic oxidation sites excluding steroid dienone is 1. The molecule has 2 N–H and O–H groups in total. The lowest BCUT2D eigenvalue weighted by molar-refractivity contribution is 0.212. The molecule has 0 radical (unpaired) electrons. The number of rotatable bonds is 3. The zero-order chi connectivity index (χ0) is 21.7. The number of phenolic OH excluding ortho intramolecular Hbond substituents is 1. The summed E-state index contributed by atoms with van der Waals surface area (Å²) in [4.78, 5) is 0. The van der Waals surface area contributed by atoms with Crippen molar-refractivity contribution in [3.63, 3.8) is 0 Å². The van der Waals surface area contributed by atoms with Crippen LogP contribution in [0.1, 0.15) is 37.8 Å². The van der Waals surface area contributed by atoms with Gasteiger partial charge in [0.15, 0.2) is 0 Å². The molecule has 164 valence electrons. The molecule has 0 aliphatic carbocycles. The van der Waals surface area contributed by atoms with Crippen molar-refractivity contribution in [3.05, 3.63) is 48.4 Å². The highest BCUT2D eigenvalue weighted by atomic mass is 16.5. The Bertz CT molecular complexity index is 1190. The van der Waals surface area contributed by atoms with Crippen molar-refractivity contribution in [1.82, 2.24) is 25.3 Å². The highest BCUT2D eigenvalue weighted by Crippen LogP contribution is 2.42. The normalized spacial score (nSPS) is 24.4. The highest BCUT2D eigenvalue weighted by molar-refractivity contribution is 5.77. The summed E-state index contributed by atoms with van der Waals surface area (Å²) in [5.74, 6) is 1.42. The summed E-state index contributed by atoms with van der Waals surface area (Å²) in [5.41, 5.74) is 5.25. The zero-order valence-electron chi connectivity index (χ0n) is 18.2. The Hall–Kier alpha value is -3.19. The first-order valence-electron chi connectivity index (χ1n) is 11.4. The molecule has 7 heteroatoms. The maximum atomic E-state index is 10.7. The van der Waals surface area contributed by atoms with E-state index in [9.17, 15) is 5.11 Å². The first-order valence-corrected chi connectivity index (χ1v) is 11.4. The van der Waals surface area contributed by atoms with Crippen molar-refractivity contribution in [3.8, 4) is 33.9 Å². The van der Waals surface area contributed by atoms with Crippen molar-refractivity contribution in [2.45, 2.75) is 44.2 Å². The average molecular weight is 430 g/mol. The topological polar surface area (TPSA) is 85.1 Å².